The van der Waals surface area contributed by atoms with Gasteiger partial charge in [-0.05, 0) is 32.1 Å². The van der Waals surface area contributed by atoms with Crippen molar-refractivity contribution in [3.05, 3.63) is 12.2 Å². The fourth-order valence-electron chi connectivity index (χ4n) is 10.7. The molecule has 0 rings (SSSR count). The van der Waals surface area contributed by atoms with Gasteiger partial charge >= 0.3 is 5.97 Å². The second-order valence-corrected chi connectivity index (χ2v) is 23.2. The van der Waals surface area contributed by atoms with Crippen molar-refractivity contribution < 1.29 is 24.5 Å². The maximum Gasteiger partial charge on any atom is 0.305 e. The van der Waals surface area contributed by atoms with E-state index in [0.29, 0.717) is 19.4 Å². The van der Waals surface area contributed by atoms with Crippen LogP contribution in [0.4, 0.5) is 0 Å². The first-order chi connectivity index (χ1) is 36.0. The van der Waals surface area contributed by atoms with Crippen molar-refractivity contribution in [3.63, 3.8) is 0 Å². The van der Waals surface area contributed by atoms with E-state index in [1.54, 1.807) is 6.08 Å². The molecule has 1 amide bonds. The van der Waals surface area contributed by atoms with Crippen molar-refractivity contribution in [1.82, 2.24) is 5.32 Å². The standard InChI is InChI=1S/C67H131NO5/c1-3-5-7-9-11-13-15-17-19-20-25-29-33-37-41-45-49-53-57-61-67(72)73-62-58-54-50-46-42-38-34-30-27-24-22-21-23-26-28-32-36-40-44-48-52-56-60-66(71)68-64(63-69)65(70)59-55-51-47-43-39-35-31-18-16-14-12-10-8-6-4-2/h55,59,64-65,69-70H,3-54,56-58,60-63H2,1-2H3,(H,68,71)/b59-55+. The molecule has 6 heteroatoms. The van der Waals surface area contributed by atoms with Gasteiger partial charge in [-0.2, -0.15) is 0 Å². The van der Waals surface area contributed by atoms with E-state index in [4.69, 9.17) is 4.74 Å². The molecular formula is C67H131NO5. The summed E-state index contributed by atoms with van der Waals surface area (Å²) in [5, 5.41) is 23.1. The summed E-state index contributed by atoms with van der Waals surface area (Å²) in [7, 11) is 0. The third kappa shape index (κ3) is 59.7. The number of esters is 1. The Morgan fingerprint density at radius 1 is 0.370 bits per heavy atom. The predicted molar refractivity (Wildman–Crippen MR) is 320 cm³/mol. The summed E-state index contributed by atoms with van der Waals surface area (Å²) in [6, 6.07) is -0.627. The Morgan fingerprint density at radius 2 is 0.630 bits per heavy atom. The van der Waals surface area contributed by atoms with Crippen molar-refractivity contribution >= 4 is 11.9 Å². The maximum absolute atomic E-state index is 12.5. The summed E-state index contributed by atoms with van der Waals surface area (Å²) in [6.45, 7) is 4.94. The van der Waals surface area contributed by atoms with Gasteiger partial charge in [-0.3, -0.25) is 9.59 Å². The third-order valence-electron chi connectivity index (χ3n) is 15.8. The second kappa shape index (κ2) is 63.1. The van der Waals surface area contributed by atoms with Crippen LogP contribution in [0.3, 0.4) is 0 Å². The minimum atomic E-state index is -0.844. The molecule has 0 spiro atoms. The molecule has 0 saturated carbocycles. The van der Waals surface area contributed by atoms with Crippen LogP contribution in [0.2, 0.25) is 0 Å². The van der Waals surface area contributed by atoms with Crippen molar-refractivity contribution in [2.75, 3.05) is 13.2 Å². The van der Waals surface area contributed by atoms with Crippen LogP contribution in [0.25, 0.3) is 0 Å². The molecule has 0 bridgehead atoms. The molecule has 0 aromatic rings. The lowest BCUT2D eigenvalue weighted by Gasteiger charge is -2.20. The van der Waals surface area contributed by atoms with E-state index in [1.807, 2.05) is 6.08 Å². The monoisotopic (exact) mass is 1030 g/mol. The summed E-state index contributed by atoms with van der Waals surface area (Å²) >= 11 is 0. The lowest BCUT2D eigenvalue weighted by atomic mass is 10.0. The molecule has 0 aliphatic carbocycles. The van der Waals surface area contributed by atoms with Crippen molar-refractivity contribution in [3.8, 4) is 0 Å². The SMILES string of the molecule is CCCCCCCCCCCCCCC/C=C/C(O)C(CO)NC(=O)CCCCCCCCCCCCCCCCCCCCCCCCOC(=O)CCCCCCCCCCCCCCCCCCCCC. The first-order valence-corrected chi connectivity index (χ1v) is 33.5. The van der Waals surface area contributed by atoms with Gasteiger partial charge in [-0.25, -0.2) is 0 Å². The number of allylic oxidation sites excluding steroid dienone is 1. The van der Waals surface area contributed by atoms with Crippen LogP contribution in [0, 0.1) is 0 Å². The van der Waals surface area contributed by atoms with Crippen LogP contribution in [-0.2, 0) is 14.3 Å². The van der Waals surface area contributed by atoms with Gasteiger partial charge in [0.2, 0.25) is 5.91 Å². The Hall–Kier alpha value is -1.40. The molecular weight excluding hydrogens is 899 g/mol. The Labute approximate surface area is 457 Å². The number of hydrogen-bond acceptors (Lipinski definition) is 5. The number of amides is 1. The van der Waals surface area contributed by atoms with Crippen LogP contribution in [0.1, 0.15) is 380 Å². The number of ether oxygens (including phenoxy) is 1. The van der Waals surface area contributed by atoms with E-state index in [1.165, 1.54) is 315 Å². The van der Waals surface area contributed by atoms with Crippen LogP contribution >= 0.6 is 0 Å². The number of aliphatic hydroxyl groups is 2. The summed E-state index contributed by atoms with van der Waals surface area (Å²) in [6.07, 6.45) is 77.0. The van der Waals surface area contributed by atoms with Gasteiger partial charge < -0.3 is 20.3 Å². The lowest BCUT2D eigenvalue weighted by molar-refractivity contribution is -0.143. The minimum absolute atomic E-state index is 0.0184. The Kier molecular flexibility index (Phi) is 61.9. The van der Waals surface area contributed by atoms with Gasteiger partial charge in [0.05, 0.1) is 25.4 Å². The van der Waals surface area contributed by atoms with Crippen LogP contribution in [-0.4, -0.2) is 47.4 Å². The highest BCUT2D eigenvalue weighted by molar-refractivity contribution is 5.76. The van der Waals surface area contributed by atoms with Crippen molar-refractivity contribution in [1.29, 1.82) is 0 Å². The van der Waals surface area contributed by atoms with Gasteiger partial charge in [-0.1, -0.05) is 347 Å². The number of carbonyl (C=O) groups is 2. The fourth-order valence-corrected chi connectivity index (χ4v) is 10.7. The van der Waals surface area contributed by atoms with Crippen LogP contribution in [0.5, 0.6) is 0 Å². The molecule has 0 radical (unpaired) electrons. The molecule has 0 fully saturated rings. The quantitative estimate of drug-likeness (QED) is 0.0320. The smallest absolute Gasteiger partial charge is 0.305 e. The summed E-state index contributed by atoms with van der Waals surface area (Å²) in [5.41, 5.74) is 0. The number of carbonyl (C=O) groups excluding carboxylic acids is 2. The van der Waals surface area contributed by atoms with Crippen LogP contribution < -0.4 is 5.32 Å². The molecule has 2 atom stereocenters. The molecule has 0 aliphatic rings. The Morgan fingerprint density at radius 3 is 0.932 bits per heavy atom. The first-order valence-electron chi connectivity index (χ1n) is 33.5. The minimum Gasteiger partial charge on any atom is -0.466 e. The number of hydrogen-bond donors (Lipinski definition) is 3. The highest BCUT2D eigenvalue weighted by Gasteiger charge is 2.18. The van der Waals surface area contributed by atoms with E-state index < -0.39 is 12.1 Å². The van der Waals surface area contributed by atoms with Gasteiger partial charge in [0.25, 0.3) is 0 Å². The number of rotatable bonds is 63. The average Bonchev–Trinajstić information content (AvgIpc) is 3.39. The zero-order chi connectivity index (χ0) is 52.9. The van der Waals surface area contributed by atoms with Gasteiger partial charge in [0.1, 0.15) is 0 Å². The van der Waals surface area contributed by atoms with E-state index in [9.17, 15) is 19.8 Å². The molecule has 0 aromatic carbocycles. The summed E-state index contributed by atoms with van der Waals surface area (Å²) in [4.78, 5) is 24.6. The highest BCUT2D eigenvalue weighted by atomic mass is 16.5. The van der Waals surface area contributed by atoms with E-state index in [-0.39, 0.29) is 18.5 Å². The largest absolute Gasteiger partial charge is 0.466 e. The van der Waals surface area contributed by atoms with Gasteiger partial charge in [0.15, 0.2) is 0 Å². The van der Waals surface area contributed by atoms with Crippen LogP contribution in [0.15, 0.2) is 12.2 Å². The molecule has 0 saturated heterocycles. The Balaban J connectivity index is 3.36. The second-order valence-electron chi connectivity index (χ2n) is 23.2. The number of unbranched alkanes of at least 4 members (excludes halogenated alkanes) is 52. The van der Waals surface area contributed by atoms with E-state index >= 15 is 0 Å². The first kappa shape index (κ1) is 71.6. The number of nitrogens with one attached hydrogen (secondary N) is 1. The molecule has 0 aromatic heterocycles. The third-order valence-corrected chi connectivity index (χ3v) is 15.8. The normalized spacial score (nSPS) is 12.5. The van der Waals surface area contributed by atoms with Gasteiger partial charge in [-0.15, -0.1) is 0 Å². The van der Waals surface area contributed by atoms with E-state index in [0.717, 1.165) is 38.5 Å². The van der Waals surface area contributed by atoms with Crippen molar-refractivity contribution in [2.24, 2.45) is 0 Å². The lowest BCUT2D eigenvalue weighted by Crippen LogP contribution is -2.45. The molecule has 434 valence electrons. The molecule has 3 N–H and O–H groups in total. The average molecular weight is 1030 g/mol. The highest BCUT2D eigenvalue weighted by Crippen LogP contribution is 2.19. The summed E-state index contributed by atoms with van der Waals surface area (Å²) in [5.74, 6) is -0.0470. The van der Waals surface area contributed by atoms with Gasteiger partial charge in [0, 0.05) is 12.8 Å². The topological polar surface area (TPSA) is 95.9 Å². The zero-order valence-electron chi connectivity index (χ0n) is 49.6. The van der Waals surface area contributed by atoms with Crippen molar-refractivity contribution in [2.45, 2.75) is 392 Å². The Bertz CT molecular complexity index is 1100. The molecule has 73 heavy (non-hydrogen) atoms. The zero-order valence-corrected chi connectivity index (χ0v) is 49.6. The number of aliphatic hydroxyl groups excluding tert-OH is 2. The summed E-state index contributed by atoms with van der Waals surface area (Å²) < 4.78 is 5.51. The maximum atomic E-state index is 12.5. The molecule has 2 unspecified atom stereocenters. The van der Waals surface area contributed by atoms with E-state index in [2.05, 4.69) is 19.2 Å². The molecule has 0 heterocycles. The predicted octanol–water partition coefficient (Wildman–Crippen LogP) is 21.2. The molecule has 0 aliphatic heterocycles. The molecule has 6 nitrogen and oxygen atoms in total. The fraction of sp³-hybridized carbons (Fsp3) is 0.940.